The van der Waals surface area contributed by atoms with E-state index >= 15 is 0 Å². The lowest BCUT2D eigenvalue weighted by Crippen LogP contribution is -2.29. The minimum Gasteiger partial charge on any atom is -0.334 e. The third-order valence-electron chi connectivity index (χ3n) is 2.91. The lowest BCUT2D eigenvalue weighted by molar-refractivity contribution is 0.926. The maximum absolute atomic E-state index is 12.3. The largest absolute Gasteiger partial charge is 0.334 e. The van der Waals surface area contributed by atoms with Gasteiger partial charge in [0.25, 0.3) is 5.56 Å². The quantitative estimate of drug-likeness (QED) is 0.702. The Hall–Kier alpha value is -2.14. The molecule has 0 amide bonds. The van der Waals surface area contributed by atoms with E-state index in [1.165, 1.54) is 0 Å². The van der Waals surface area contributed by atoms with Gasteiger partial charge in [0.05, 0.1) is 10.9 Å². The van der Waals surface area contributed by atoms with Crippen LogP contribution in [0.3, 0.4) is 0 Å². The molecule has 0 radical (unpaired) electrons. The van der Waals surface area contributed by atoms with Gasteiger partial charge in [0.1, 0.15) is 0 Å². The Kier molecular flexibility index (Phi) is 2.83. The summed E-state index contributed by atoms with van der Waals surface area (Å²) in [4.78, 5) is 16.7. The fraction of sp³-hybridized carbons (Fsp3) is 0. The van der Waals surface area contributed by atoms with Crippen LogP contribution >= 0.6 is 15.9 Å². The van der Waals surface area contributed by atoms with E-state index in [4.69, 9.17) is 5.84 Å². The Labute approximate surface area is 117 Å². The molecule has 4 nitrogen and oxygen atoms in total. The highest BCUT2D eigenvalue weighted by Gasteiger charge is 2.11. The van der Waals surface area contributed by atoms with Crippen LogP contribution in [-0.4, -0.2) is 9.66 Å². The molecule has 2 aromatic carbocycles. The van der Waals surface area contributed by atoms with Gasteiger partial charge in [-0.25, -0.2) is 9.66 Å². The fourth-order valence-corrected chi connectivity index (χ4v) is 2.43. The number of nitrogens with two attached hydrogens (primary N) is 1. The minimum atomic E-state index is -0.259. The molecule has 0 aliphatic heterocycles. The standard InChI is InChI=1S/C14H10BrN3O/c15-11-8-4-7-10-12(11)17-13(18(16)14(10)19)9-5-2-1-3-6-9/h1-8H,16H2. The zero-order valence-electron chi connectivity index (χ0n) is 9.88. The van der Waals surface area contributed by atoms with Crippen molar-refractivity contribution in [2.45, 2.75) is 0 Å². The van der Waals surface area contributed by atoms with Crippen LogP contribution in [0.25, 0.3) is 22.3 Å². The van der Waals surface area contributed by atoms with E-state index < -0.39 is 0 Å². The number of hydrogen-bond acceptors (Lipinski definition) is 3. The van der Waals surface area contributed by atoms with Gasteiger partial charge in [-0.1, -0.05) is 36.4 Å². The summed E-state index contributed by atoms with van der Waals surface area (Å²) in [6.45, 7) is 0. The molecular formula is C14H10BrN3O. The van der Waals surface area contributed by atoms with Crippen LogP contribution in [0.1, 0.15) is 0 Å². The van der Waals surface area contributed by atoms with Crippen LogP contribution in [0.4, 0.5) is 0 Å². The minimum absolute atomic E-state index is 0.259. The van der Waals surface area contributed by atoms with Gasteiger partial charge in [-0.05, 0) is 28.1 Å². The van der Waals surface area contributed by atoms with Crippen molar-refractivity contribution < 1.29 is 0 Å². The number of nitrogens with zero attached hydrogens (tertiary/aromatic N) is 2. The first-order valence-corrected chi connectivity index (χ1v) is 6.49. The van der Waals surface area contributed by atoms with Crippen molar-refractivity contribution in [3.63, 3.8) is 0 Å². The lowest BCUT2D eigenvalue weighted by Gasteiger charge is -2.09. The van der Waals surface area contributed by atoms with Crippen molar-refractivity contribution in [3.8, 4) is 11.4 Å². The monoisotopic (exact) mass is 315 g/mol. The molecule has 94 valence electrons. The second-order valence-electron chi connectivity index (χ2n) is 4.11. The van der Waals surface area contributed by atoms with Crippen molar-refractivity contribution in [2.75, 3.05) is 5.84 Å². The molecule has 0 fully saturated rings. The Morgan fingerprint density at radius 1 is 1.05 bits per heavy atom. The molecule has 0 unspecified atom stereocenters. The third-order valence-corrected chi connectivity index (χ3v) is 3.55. The maximum Gasteiger partial charge on any atom is 0.280 e. The number of halogens is 1. The first kappa shape index (κ1) is 11.9. The average Bonchev–Trinajstić information content (AvgIpc) is 2.44. The Bertz CT molecular complexity index is 812. The molecule has 0 spiro atoms. The van der Waals surface area contributed by atoms with Gasteiger partial charge in [0, 0.05) is 10.0 Å². The molecule has 0 aliphatic rings. The molecule has 0 bridgehead atoms. The topological polar surface area (TPSA) is 60.9 Å². The summed E-state index contributed by atoms with van der Waals surface area (Å²) in [6.07, 6.45) is 0. The van der Waals surface area contributed by atoms with Crippen LogP contribution in [0.2, 0.25) is 0 Å². The van der Waals surface area contributed by atoms with E-state index in [-0.39, 0.29) is 5.56 Å². The number of aromatic nitrogens is 2. The van der Waals surface area contributed by atoms with Crippen molar-refractivity contribution >= 4 is 26.8 Å². The second-order valence-corrected chi connectivity index (χ2v) is 4.97. The van der Waals surface area contributed by atoms with Gasteiger partial charge in [-0.3, -0.25) is 4.79 Å². The van der Waals surface area contributed by atoms with Gasteiger partial charge in [-0.2, -0.15) is 0 Å². The van der Waals surface area contributed by atoms with E-state index in [1.54, 1.807) is 12.1 Å². The Morgan fingerprint density at radius 3 is 2.53 bits per heavy atom. The molecule has 2 N–H and O–H groups in total. The summed E-state index contributed by atoms with van der Waals surface area (Å²) in [7, 11) is 0. The Balaban J connectivity index is 2.42. The predicted octanol–water partition coefficient (Wildman–Crippen LogP) is 2.54. The van der Waals surface area contributed by atoms with Gasteiger partial charge >= 0.3 is 0 Å². The first-order chi connectivity index (χ1) is 9.18. The number of rotatable bonds is 1. The number of nitrogen functional groups attached to an aromatic ring is 1. The molecule has 0 aliphatic carbocycles. The number of hydrogen-bond donors (Lipinski definition) is 1. The SMILES string of the molecule is Nn1c(-c2ccccc2)nc2c(Br)cccc2c1=O. The van der Waals surface area contributed by atoms with Crippen molar-refractivity contribution in [1.82, 2.24) is 9.66 Å². The highest BCUT2D eigenvalue weighted by atomic mass is 79.9. The van der Waals surface area contributed by atoms with Gasteiger partial charge in [-0.15, -0.1) is 0 Å². The smallest absolute Gasteiger partial charge is 0.280 e. The van der Waals surface area contributed by atoms with Crippen molar-refractivity contribution in [3.05, 3.63) is 63.4 Å². The molecule has 0 atom stereocenters. The molecule has 1 aromatic heterocycles. The zero-order valence-corrected chi connectivity index (χ0v) is 11.5. The highest BCUT2D eigenvalue weighted by molar-refractivity contribution is 9.10. The molecule has 3 aromatic rings. The summed E-state index contributed by atoms with van der Waals surface area (Å²) < 4.78 is 1.87. The molecule has 1 heterocycles. The van der Waals surface area contributed by atoms with E-state index in [9.17, 15) is 4.79 Å². The number of benzene rings is 2. The molecule has 19 heavy (non-hydrogen) atoms. The molecule has 0 saturated heterocycles. The lowest BCUT2D eigenvalue weighted by atomic mass is 10.2. The summed E-state index contributed by atoms with van der Waals surface area (Å²) in [6, 6.07) is 14.8. The van der Waals surface area contributed by atoms with E-state index in [1.807, 2.05) is 36.4 Å². The van der Waals surface area contributed by atoms with Crippen LogP contribution < -0.4 is 11.4 Å². The summed E-state index contributed by atoms with van der Waals surface area (Å²) in [5.41, 5.74) is 1.16. The third kappa shape index (κ3) is 1.92. The predicted molar refractivity (Wildman–Crippen MR) is 79.3 cm³/mol. The van der Waals surface area contributed by atoms with Crippen molar-refractivity contribution in [1.29, 1.82) is 0 Å². The molecule has 3 rings (SSSR count). The molecule has 5 heteroatoms. The second kappa shape index (κ2) is 4.51. The van der Waals surface area contributed by atoms with Gasteiger partial charge in [0.15, 0.2) is 5.82 Å². The van der Waals surface area contributed by atoms with Crippen molar-refractivity contribution in [2.24, 2.45) is 0 Å². The Morgan fingerprint density at radius 2 is 1.79 bits per heavy atom. The number of fused-ring (bicyclic) bond motifs is 1. The van der Waals surface area contributed by atoms with Gasteiger partial charge < -0.3 is 5.84 Å². The average molecular weight is 316 g/mol. The van der Waals surface area contributed by atoms with Crippen LogP contribution in [-0.2, 0) is 0 Å². The van der Waals surface area contributed by atoms with Crippen LogP contribution in [0.15, 0.2) is 57.8 Å². The molecular weight excluding hydrogens is 306 g/mol. The normalized spacial score (nSPS) is 10.8. The van der Waals surface area contributed by atoms with E-state index in [2.05, 4.69) is 20.9 Å². The van der Waals surface area contributed by atoms with Crippen LogP contribution in [0, 0.1) is 0 Å². The molecule has 0 saturated carbocycles. The zero-order chi connectivity index (χ0) is 13.4. The fourth-order valence-electron chi connectivity index (χ4n) is 1.98. The summed E-state index contributed by atoms with van der Waals surface area (Å²) in [5.74, 6) is 6.31. The van der Waals surface area contributed by atoms with E-state index in [0.29, 0.717) is 16.7 Å². The van der Waals surface area contributed by atoms with Crippen LogP contribution in [0.5, 0.6) is 0 Å². The highest BCUT2D eigenvalue weighted by Crippen LogP contribution is 2.22. The van der Waals surface area contributed by atoms with E-state index in [0.717, 1.165) is 14.7 Å². The number of para-hydroxylation sites is 1. The maximum atomic E-state index is 12.3. The summed E-state index contributed by atoms with van der Waals surface area (Å²) in [5, 5.41) is 0.497. The van der Waals surface area contributed by atoms with Gasteiger partial charge in [0.2, 0.25) is 0 Å². The summed E-state index contributed by atoms with van der Waals surface area (Å²) >= 11 is 3.41. The first-order valence-electron chi connectivity index (χ1n) is 5.70.